The lowest BCUT2D eigenvalue weighted by atomic mass is 10.2. The molecule has 0 radical (unpaired) electrons. The maximum Gasteiger partial charge on any atom is 0.317 e. The van der Waals surface area contributed by atoms with E-state index in [9.17, 15) is 9.59 Å². The molecule has 1 aromatic carbocycles. The minimum absolute atomic E-state index is 0.202. The van der Waals surface area contributed by atoms with E-state index >= 15 is 0 Å². The highest BCUT2D eigenvalue weighted by atomic mass is 32.2. The van der Waals surface area contributed by atoms with Gasteiger partial charge in [0.15, 0.2) is 6.10 Å². The second-order valence-corrected chi connectivity index (χ2v) is 5.60. The Balaban J connectivity index is 2.47. The zero-order valence-corrected chi connectivity index (χ0v) is 13.2. The highest BCUT2D eigenvalue weighted by Gasteiger charge is 2.17. The van der Waals surface area contributed by atoms with Gasteiger partial charge in [0.1, 0.15) is 0 Å². The van der Waals surface area contributed by atoms with Gasteiger partial charge in [-0.3, -0.25) is 9.59 Å². The van der Waals surface area contributed by atoms with Gasteiger partial charge in [0.2, 0.25) is 0 Å². The Labute approximate surface area is 124 Å². The van der Waals surface area contributed by atoms with Crippen LogP contribution in [0.3, 0.4) is 0 Å². The van der Waals surface area contributed by atoms with Gasteiger partial charge in [0.05, 0.1) is 5.75 Å². The number of carbonyl (C=O) groups is 2. The third-order valence-corrected chi connectivity index (χ3v) is 3.85. The van der Waals surface area contributed by atoms with Gasteiger partial charge in [-0.2, -0.15) is 0 Å². The summed E-state index contributed by atoms with van der Waals surface area (Å²) in [5, 5.41) is 2.62. The Morgan fingerprint density at radius 3 is 2.70 bits per heavy atom. The van der Waals surface area contributed by atoms with E-state index in [1.807, 2.05) is 39.0 Å². The van der Waals surface area contributed by atoms with Crippen molar-refractivity contribution in [3.63, 3.8) is 0 Å². The van der Waals surface area contributed by atoms with Gasteiger partial charge >= 0.3 is 5.97 Å². The number of aryl methyl sites for hydroxylation is 2. The Hall–Kier alpha value is -1.49. The molecule has 0 saturated heterocycles. The lowest BCUT2D eigenvalue weighted by molar-refractivity contribution is -0.152. The molecule has 0 aliphatic carbocycles. The SMILES string of the molecule is CCNC(=O)[C@H](C)OC(=O)CSc1cc(C)ccc1C. The summed E-state index contributed by atoms with van der Waals surface area (Å²) in [5.74, 6) is -0.444. The van der Waals surface area contributed by atoms with Crippen molar-refractivity contribution in [2.24, 2.45) is 0 Å². The molecule has 4 nitrogen and oxygen atoms in total. The van der Waals surface area contributed by atoms with E-state index < -0.39 is 6.10 Å². The maximum absolute atomic E-state index is 11.7. The van der Waals surface area contributed by atoms with Gasteiger partial charge in [-0.15, -0.1) is 11.8 Å². The number of carbonyl (C=O) groups excluding carboxylic acids is 2. The van der Waals surface area contributed by atoms with Gasteiger partial charge in [0, 0.05) is 11.4 Å². The molecule has 1 atom stereocenters. The second-order valence-electron chi connectivity index (χ2n) is 4.58. The lowest BCUT2D eigenvalue weighted by Crippen LogP contribution is -2.35. The van der Waals surface area contributed by atoms with Gasteiger partial charge in [-0.1, -0.05) is 17.7 Å². The average molecular weight is 295 g/mol. The van der Waals surface area contributed by atoms with Crippen LogP contribution in [0.15, 0.2) is 23.1 Å². The number of thioether (sulfide) groups is 1. The van der Waals surface area contributed by atoms with E-state index in [0.29, 0.717) is 6.54 Å². The summed E-state index contributed by atoms with van der Waals surface area (Å²) < 4.78 is 5.08. The predicted octanol–water partition coefficient (Wildman–Crippen LogP) is 2.46. The summed E-state index contributed by atoms with van der Waals surface area (Å²) in [6, 6.07) is 6.11. The van der Waals surface area contributed by atoms with Crippen molar-refractivity contribution in [3.8, 4) is 0 Å². The molecule has 0 aliphatic rings. The lowest BCUT2D eigenvalue weighted by Gasteiger charge is -2.13. The first kappa shape index (κ1) is 16.6. The number of hydrogen-bond acceptors (Lipinski definition) is 4. The van der Waals surface area contributed by atoms with Crippen molar-refractivity contribution < 1.29 is 14.3 Å². The largest absolute Gasteiger partial charge is 0.452 e. The van der Waals surface area contributed by atoms with Gasteiger partial charge in [-0.05, 0) is 39.3 Å². The van der Waals surface area contributed by atoms with Crippen molar-refractivity contribution >= 4 is 23.6 Å². The summed E-state index contributed by atoms with van der Waals surface area (Å²) in [7, 11) is 0. The van der Waals surface area contributed by atoms with E-state index in [1.54, 1.807) is 6.92 Å². The van der Waals surface area contributed by atoms with Crippen molar-refractivity contribution in [1.82, 2.24) is 5.32 Å². The number of nitrogens with one attached hydrogen (secondary N) is 1. The smallest absolute Gasteiger partial charge is 0.317 e. The van der Waals surface area contributed by atoms with Crippen LogP contribution in [0, 0.1) is 13.8 Å². The molecule has 20 heavy (non-hydrogen) atoms. The molecule has 5 heteroatoms. The second kappa shape index (κ2) is 7.94. The maximum atomic E-state index is 11.7. The Morgan fingerprint density at radius 1 is 1.35 bits per heavy atom. The predicted molar refractivity (Wildman–Crippen MR) is 80.9 cm³/mol. The van der Waals surface area contributed by atoms with E-state index in [2.05, 4.69) is 5.32 Å². The summed E-state index contributed by atoms with van der Waals surface area (Å²) >= 11 is 1.43. The topological polar surface area (TPSA) is 55.4 Å². The number of hydrogen-bond donors (Lipinski definition) is 1. The highest BCUT2D eigenvalue weighted by molar-refractivity contribution is 8.00. The first-order chi connectivity index (χ1) is 9.43. The van der Waals surface area contributed by atoms with Crippen LogP contribution < -0.4 is 5.32 Å². The number of esters is 1. The summed E-state index contributed by atoms with van der Waals surface area (Å²) in [6.07, 6.45) is -0.748. The average Bonchev–Trinajstić information content (AvgIpc) is 2.40. The van der Waals surface area contributed by atoms with E-state index in [4.69, 9.17) is 4.74 Å². The summed E-state index contributed by atoms with van der Waals surface area (Å²) in [6.45, 7) is 7.94. The van der Waals surface area contributed by atoms with Crippen LogP contribution in [0.1, 0.15) is 25.0 Å². The summed E-state index contributed by atoms with van der Waals surface area (Å²) in [5.41, 5.74) is 2.28. The number of benzene rings is 1. The van der Waals surface area contributed by atoms with E-state index in [-0.39, 0.29) is 17.6 Å². The van der Waals surface area contributed by atoms with Crippen LogP contribution in [-0.4, -0.2) is 30.3 Å². The molecule has 0 fully saturated rings. The molecular weight excluding hydrogens is 274 g/mol. The van der Waals surface area contributed by atoms with Gasteiger partial charge in [-0.25, -0.2) is 0 Å². The molecule has 0 aliphatic heterocycles. The Bertz CT molecular complexity index is 488. The minimum Gasteiger partial charge on any atom is -0.452 e. The zero-order chi connectivity index (χ0) is 15.1. The molecule has 0 unspecified atom stereocenters. The minimum atomic E-state index is -0.748. The number of likely N-dealkylation sites (N-methyl/N-ethyl adjacent to an activating group) is 1. The molecule has 0 aromatic heterocycles. The molecule has 0 spiro atoms. The molecule has 0 heterocycles. The molecule has 1 rings (SSSR count). The fourth-order valence-corrected chi connectivity index (χ4v) is 2.51. The molecular formula is C15H21NO3S. The van der Waals surface area contributed by atoms with Crippen LogP contribution in [0.4, 0.5) is 0 Å². The number of ether oxygens (including phenoxy) is 1. The quantitative estimate of drug-likeness (QED) is 0.647. The molecule has 0 saturated carbocycles. The molecule has 1 amide bonds. The molecule has 0 bridgehead atoms. The Morgan fingerprint density at radius 2 is 2.05 bits per heavy atom. The first-order valence-electron chi connectivity index (χ1n) is 6.61. The highest BCUT2D eigenvalue weighted by Crippen LogP contribution is 2.23. The fourth-order valence-electron chi connectivity index (χ4n) is 1.60. The van der Waals surface area contributed by atoms with Crippen LogP contribution in [-0.2, 0) is 14.3 Å². The summed E-state index contributed by atoms with van der Waals surface area (Å²) in [4.78, 5) is 24.2. The van der Waals surface area contributed by atoms with Crippen molar-refractivity contribution in [2.75, 3.05) is 12.3 Å². The number of rotatable bonds is 6. The fraction of sp³-hybridized carbons (Fsp3) is 0.467. The normalized spacial score (nSPS) is 11.8. The molecule has 1 aromatic rings. The Kier molecular flexibility index (Phi) is 6.58. The van der Waals surface area contributed by atoms with Crippen LogP contribution >= 0.6 is 11.8 Å². The number of amides is 1. The third-order valence-electron chi connectivity index (χ3n) is 2.72. The van der Waals surface area contributed by atoms with Crippen molar-refractivity contribution in [3.05, 3.63) is 29.3 Å². The van der Waals surface area contributed by atoms with Crippen LogP contribution in [0.2, 0.25) is 0 Å². The molecule has 1 N–H and O–H groups in total. The van der Waals surface area contributed by atoms with Crippen molar-refractivity contribution in [2.45, 2.75) is 38.7 Å². The van der Waals surface area contributed by atoms with Crippen LogP contribution in [0.25, 0.3) is 0 Å². The standard InChI is InChI=1S/C15H21NO3S/c1-5-16-15(18)12(4)19-14(17)9-20-13-8-10(2)6-7-11(13)3/h6-8,12H,5,9H2,1-4H3,(H,16,18)/t12-/m0/s1. The van der Waals surface area contributed by atoms with Gasteiger partial charge in [0.25, 0.3) is 5.91 Å². The zero-order valence-electron chi connectivity index (χ0n) is 12.4. The molecule has 110 valence electrons. The van der Waals surface area contributed by atoms with E-state index in [1.165, 1.54) is 11.8 Å². The van der Waals surface area contributed by atoms with Crippen LogP contribution in [0.5, 0.6) is 0 Å². The third kappa shape index (κ3) is 5.25. The monoisotopic (exact) mass is 295 g/mol. The van der Waals surface area contributed by atoms with Gasteiger partial charge < -0.3 is 10.1 Å². The van der Waals surface area contributed by atoms with E-state index in [0.717, 1.165) is 16.0 Å². The van der Waals surface area contributed by atoms with Crippen molar-refractivity contribution in [1.29, 1.82) is 0 Å². The first-order valence-corrected chi connectivity index (χ1v) is 7.59.